The predicted octanol–water partition coefficient (Wildman–Crippen LogP) is 4.43. The second-order valence-electron chi connectivity index (χ2n) is 8.07. The maximum atomic E-state index is 12.9. The zero-order valence-electron chi connectivity index (χ0n) is 18.3. The Morgan fingerprint density at radius 2 is 1.66 bits per heavy atom. The Hall–Kier alpha value is -2.42. The molecule has 1 aliphatic rings. The fourth-order valence-electron chi connectivity index (χ4n) is 3.37. The quantitative estimate of drug-likeness (QED) is 0.594. The first-order chi connectivity index (χ1) is 15.1. The van der Waals surface area contributed by atoms with Crippen LogP contribution in [0, 0.1) is 0 Å². The lowest BCUT2D eigenvalue weighted by Crippen LogP contribution is -2.30. The zero-order valence-corrected chi connectivity index (χ0v) is 19.9. The number of hydrogen-bond acceptors (Lipinski definition) is 5. The number of anilines is 1. The van der Waals surface area contributed by atoms with Crippen LogP contribution in [-0.2, 0) is 19.6 Å². The van der Waals surface area contributed by atoms with E-state index in [0.29, 0.717) is 24.7 Å². The van der Waals surface area contributed by atoms with Crippen LogP contribution in [0.3, 0.4) is 0 Å². The number of ether oxygens (including phenoxy) is 1. The van der Waals surface area contributed by atoms with Gasteiger partial charge in [-0.1, -0.05) is 37.6 Å². The van der Waals surface area contributed by atoms with Crippen molar-refractivity contribution in [3.63, 3.8) is 0 Å². The summed E-state index contributed by atoms with van der Waals surface area (Å²) >= 11 is 6.12. The number of nitrogens with zero attached hydrogens (tertiary/aromatic N) is 1. The largest absolute Gasteiger partial charge is 0.449 e. The van der Waals surface area contributed by atoms with Gasteiger partial charge in [-0.3, -0.25) is 4.79 Å². The number of carbonyl (C=O) groups is 2. The highest BCUT2D eigenvalue weighted by Gasteiger charge is 2.30. The van der Waals surface area contributed by atoms with Crippen molar-refractivity contribution < 1.29 is 22.7 Å². The van der Waals surface area contributed by atoms with Gasteiger partial charge in [0, 0.05) is 18.8 Å². The maximum Gasteiger partial charge on any atom is 0.338 e. The van der Waals surface area contributed by atoms with Crippen molar-refractivity contribution in [1.29, 1.82) is 0 Å². The molecule has 1 saturated heterocycles. The van der Waals surface area contributed by atoms with Gasteiger partial charge < -0.3 is 10.1 Å². The predicted molar refractivity (Wildman–Crippen MR) is 123 cm³/mol. The van der Waals surface area contributed by atoms with E-state index in [9.17, 15) is 18.0 Å². The first-order valence-electron chi connectivity index (χ1n) is 10.5. The molecule has 1 atom stereocenters. The molecule has 1 N–H and O–H groups in total. The average Bonchev–Trinajstić information content (AvgIpc) is 3.30. The molecule has 0 radical (unpaired) electrons. The Morgan fingerprint density at radius 1 is 1.03 bits per heavy atom. The Morgan fingerprint density at radius 3 is 2.25 bits per heavy atom. The van der Waals surface area contributed by atoms with Gasteiger partial charge in [0.25, 0.3) is 5.91 Å². The molecule has 7 nitrogen and oxygen atoms in total. The molecule has 0 spiro atoms. The van der Waals surface area contributed by atoms with Gasteiger partial charge in [-0.25, -0.2) is 13.2 Å². The van der Waals surface area contributed by atoms with Gasteiger partial charge in [-0.2, -0.15) is 4.31 Å². The standard InChI is InChI=1S/C23H27ClN2O5S/c1-15(2)17-6-9-19(10-7-17)25-22(27)16(3)31-23(28)18-8-11-20(24)21(14-18)32(29,30)26-12-4-5-13-26/h6-11,14-16H,4-5,12-13H2,1-3H3,(H,25,27). The summed E-state index contributed by atoms with van der Waals surface area (Å²) in [4.78, 5) is 24.9. The van der Waals surface area contributed by atoms with Crippen LogP contribution in [-0.4, -0.2) is 43.8 Å². The van der Waals surface area contributed by atoms with Crippen LogP contribution >= 0.6 is 11.6 Å². The number of sulfonamides is 1. The number of hydrogen-bond donors (Lipinski definition) is 1. The van der Waals surface area contributed by atoms with Crippen molar-refractivity contribution in [3.05, 3.63) is 58.6 Å². The monoisotopic (exact) mass is 478 g/mol. The van der Waals surface area contributed by atoms with E-state index in [1.54, 1.807) is 12.1 Å². The lowest BCUT2D eigenvalue weighted by atomic mass is 10.0. The van der Waals surface area contributed by atoms with Gasteiger partial charge in [0.05, 0.1) is 10.6 Å². The summed E-state index contributed by atoms with van der Waals surface area (Å²) in [5.74, 6) is -0.926. The van der Waals surface area contributed by atoms with E-state index in [-0.39, 0.29) is 15.5 Å². The third-order valence-electron chi connectivity index (χ3n) is 5.35. The van der Waals surface area contributed by atoms with Gasteiger partial charge in [0.1, 0.15) is 4.90 Å². The fourth-order valence-corrected chi connectivity index (χ4v) is 5.39. The van der Waals surface area contributed by atoms with Gasteiger partial charge in [0.2, 0.25) is 10.0 Å². The van der Waals surface area contributed by atoms with Crippen molar-refractivity contribution in [1.82, 2.24) is 4.31 Å². The minimum absolute atomic E-state index is 0.00751. The minimum atomic E-state index is -3.81. The Bertz CT molecular complexity index is 1090. The van der Waals surface area contributed by atoms with Gasteiger partial charge in [-0.15, -0.1) is 0 Å². The SMILES string of the molecule is CC(OC(=O)c1ccc(Cl)c(S(=O)(=O)N2CCCC2)c1)C(=O)Nc1ccc(C(C)C)cc1. The van der Waals surface area contributed by atoms with Crippen LogP contribution < -0.4 is 5.32 Å². The number of halogens is 1. The number of carbonyl (C=O) groups excluding carboxylic acids is 2. The summed E-state index contributed by atoms with van der Waals surface area (Å²) in [5.41, 5.74) is 1.74. The summed E-state index contributed by atoms with van der Waals surface area (Å²) in [6, 6.07) is 11.4. The molecule has 0 bridgehead atoms. The van der Waals surface area contributed by atoms with Crippen molar-refractivity contribution in [2.45, 2.75) is 50.5 Å². The smallest absolute Gasteiger partial charge is 0.338 e. The molecule has 1 unspecified atom stereocenters. The Kier molecular flexibility index (Phi) is 7.59. The molecule has 0 saturated carbocycles. The molecule has 0 aliphatic carbocycles. The van der Waals surface area contributed by atoms with E-state index in [1.807, 2.05) is 12.1 Å². The molecule has 2 aromatic carbocycles. The third-order valence-corrected chi connectivity index (χ3v) is 7.73. The molecular formula is C23H27ClN2O5S. The first-order valence-corrected chi connectivity index (χ1v) is 12.3. The van der Waals surface area contributed by atoms with Gasteiger partial charge in [0.15, 0.2) is 6.10 Å². The number of nitrogens with one attached hydrogen (secondary N) is 1. The van der Waals surface area contributed by atoms with E-state index >= 15 is 0 Å². The van der Waals surface area contributed by atoms with Crippen molar-refractivity contribution >= 4 is 39.2 Å². The zero-order chi connectivity index (χ0) is 23.5. The van der Waals surface area contributed by atoms with E-state index in [2.05, 4.69) is 19.2 Å². The molecule has 1 heterocycles. The van der Waals surface area contributed by atoms with E-state index in [1.165, 1.54) is 29.4 Å². The van der Waals surface area contributed by atoms with Crippen LogP contribution in [0.25, 0.3) is 0 Å². The van der Waals surface area contributed by atoms with E-state index in [0.717, 1.165) is 18.4 Å². The molecular weight excluding hydrogens is 452 g/mol. The van der Waals surface area contributed by atoms with Crippen LogP contribution in [0.1, 0.15) is 55.5 Å². The second-order valence-corrected chi connectivity index (χ2v) is 10.4. The molecule has 3 rings (SSSR count). The van der Waals surface area contributed by atoms with Crippen molar-refractivity contribution in [3.8, 4) is 0 Å². The highest BCUT2D eigenvalue weighted by Crippen LogP contribution is 2.28. The molecule has 0 aromatic heterocycles. The molecule has 1 aliphatic heterocycles. The fraction of sp³-hybridized carbons (Fsp3) is 0.391. The van der Waals surface area contributed by atoms with E-state index < -0.39 is 28.0 Å². The summed E-state index contributed by atoms with van der Waals surface area (Å²) < 4.78 is 32.3. The Labute approximate surface area is 193 Å². The van der Waals surface area contributed by atoms with Crippen LogP contribution in [0.4, 0.5) is 5.69 Å². The number of benzene rings is 2. The average molecular weight is 479 g/mol. The molecule has 9 heteroatoms. The van der Waals surface area contributed by atoms with Crippen molar-refractivity contribution in [2.75, 3.05) is 18.4 Å². The number of rotatable bonds is 7. The molecule has 1 amide bonds. The molecule has 172 valence electrons. The summed E-state index contributed by atoms with van der Waals surface area (Å²) in [7, 11) is -3.81. The van der Waals surface area contributed by atoms with E-state index in [4.69, 9.17) is 16.3 Å². The van der Waals surface area contributed by atoms with Crippen LogP contribution in [0.5, 0.6) is 0 Å². The normalized spacial score (nSPS) is 15.5. The number of esters is 1. The molecule has 1 fully saturated rings. The first kappa shape index (κ1) is 24.2. The second kappa shape index (κ2) is 10.0. The van der Waals surface area contributed by atoms with Crippen molar-refractivity contribution in [2.24, 2.45) is 0 Å². The lowest BCUT2D eigenvalue weighted by Gasteiger charge is -2.18. The summed E-state index contributed by atoms with van der Waals surface area (Å²) in [6.45, 7) is 6.44. The van der Waals surface area contributed by atoms with Gasteiger partial charge in [-0.05, 0) is 61.6 Å². The topological polar surface area (TPSA) is 92.8 Å². The van der Waals surface area contributed by atoms with Crippen LogP contribution in [0.2, 0.25) is 5.02 Å². The third kappa shape index (κ3) is 5.49. The highest BCUT2D eigenvalue weighted by molar-refractivity contribution is 7.89. The lowest BCUT2D eigenvalue weighted by molar-refractivity contribution is -0.123. The molecule has 32 heavy (non-hydrogen) atoms. The van der Waals surface area contributed by atoms with Gasteiger partial charge >= 0.3 is 5.97 Å². The highest BCUT2D eigenvalue weighted by atomic mass is 35.5. The molecule has 2 aromatic rings. The maximum absolute atomic E-state index is 12.9. The Balaban J connectivity index is 1.69. The summed E-state index contributed by atoms with van der Waals surface area (Å²) in [6.07, 6.45) is 0.484. The minimum Gasteiger partial charge on any atom is -0.449 e. The summed E-state index contributed by atoms with van der Waals surface area (Å²) in [5, 5.41) is 2.74. The van der Waals surface area contributed by atoms with Crippen LogP contribution in [0.15, 0.2) is 47.4 Å². The number of amides is 1.